The molecule has 25 heavy (non-hydrogen) atoms. The Morgan fingerprint density at radius 3 is 2.76 bits per heavy atom. The van der Waals surface area contributed by atoms with Crippen LogP contribution in [0.5, 0.6) is 0 Å². The highest BCUT2D eigenvalue weighted by molar-refractivity contribution is 5.89. The lowest BCUT2D eigenvalue weighted by Crippen LogP contribution is -2.35. The Kier molecular flexibility index (Phi) is 5.50. The van der Waals surface area contributed by atoms with Crippen molar-refractivity contribution in [2.75, 3.05) is 13.2 Å². The predicted molar refractivity (Wildman–Crippen MR) is 91.3 cm³/mol. The number of nitrogens with zero attached hydrogens (tertiary/aromatic N) is 1. The maximum atomic E-state index is 12.6. The van der Waals surface area contributed by atoms with Crippen molar-refractivity contribution in [3.05, 3.63) is 60.1 Å². The van der Waals surface area contributed by atoms with E-state index >= 15 is 0 Å². The van der Waals surface area contributed by atoms with Gasteiger partial charge in [0.25, 0.3) is 0 Å². The van der Waals surface area contributed by atoms with Gasteiger partial charge in [0.05, 0.1) is 24.8 Å². The van der Waals surface area contributed by atoms with Gasteiger partial charge in [-0.15, -0.1) is 0 Å². The Hall–Kier alpha value is -2.60. The molecule has 2 unspecified atom stereocenters. The summed E-state index contributed by atoms with van der Waals surface area (Å²) in [6, 6.07) is 12.9. The number of nitrogens with one attached hydrogen (secondary N) is 1. The zero-order valence-electron chi connectivity index (χ0n) is 13.9. The third-order valence-corrected chi connectivity index (χ3v) is 4.45. The van der Waals surface area contributed by atoms with Gasteiger partial charge in [-0.25, -0.2) is 0 Å². The molecule has 1 aromatic carbocycles. The Bertz CT molecular complexity index is 699. The van der Waals surface area contributed by atoms with Crippen molar-refractivity contribution in [3.63, 3.8) is 0 Å². The molecular weight excluding hydrogens is 320 g/mol. The first-order valence-electron chi connectivity index (χ1n) is 8.43. The highest BCUT2D eigenvalue weighted by Gasteiger charge is 2.35. The van der Waals surface area contributed by atoms with Crippen LogP contribution in [-0.2, 0) is 16.1 Å². The summed E-state index contributed by atoms with van der Waals surface area (Å²) >= 11 is 0. The largest absolute Gasteiger partial charge is 0.467 e. The minimum atomic E-state index is -0.382. The van der Waals surface area contributed by atoms with Crippen molar-refractivity contribution in [2.24, 2.45) is 5.92 Å². The molecule has 1 saturated heterocycles. The lowest BCUT2D eigenvalue weighted by Gasteiger charge is -2.21. The standard InChI is InChI=1S/C19H22N2O4/c22-9-8-17(14-5-2-1-3-6-14)20-19(24)15-11-18(23)21(12-15)13-16-7-4-10-25-16/h1-7,10,15,17,22H,8-9,11-13H2,(H,20,24). The number of amides is 2. The van der Waals surface area contributed by atoms with Gasteiger partial charge in [-0.1, -0.05) is 30.3 Å². The molecular formula is C19H22N2O4. The van der Waals surface area contributed by atoms with Gasteiger partial charge in [-0.3, -0.25) is 9.59 Å². The molecule has 3 rings (SSSR count). The second kappa shape index (κ2) is 7.98. The molecule has 1 aliphatic rings. The van der Waals surface area contributed by atoms with Crippen molar-refractivity contribution < 1.29 is 19.1 Å². The average molecular weight is 342 g/mol. The molecule has 2 N–H and O–H groups in total. The molecule has 2 heterocycles. The van der Waals surface area contributed by atoms with E-state index in [1.807, 2.05) is 36.4 Å². The molecule has 1 fully saturated rings. The van der Waals surface area contributed by atoms with Crippen molar-refractivity contribution in [3.8, 4) is 0 Å². The number of likely N-dealkylation sites (tertiary alicyclic amines) is 1. The number of hydrogen-bond acceptors (Lipinski definition) is 4. The van der Waals surface area contributed by atoms with Gasteiger partial charge in [0.1, 0.15) is 5.76 Å². The van der Waals surface area contributed by atoms with Crippen LogP contribution in [0, 0.1) is 5.92 Å². The topological polar surface area (TPSA) is 82.8 Å². The van der Waals surface area contributed by atoms with Gasteiger partial charge in [0.2, 0.25) is 11.8 Å². The monoisotopic (exact) mass is 342 g/mol. The minimum absolute atomic E-state index is 0.0198. The van der Waals surface area contributed by atoms with E-state index in [0.717, 1.165) is 5.56 Å². The summed E-state index contributed by atoms with van der Waals surface area (Å²) in [5.41, 5.74) is 0.946. The number of aliphatic hydroxyl groups is 1. The second-order valence-electron chi connectivity index (χ2n) is 6.24. The number of carbonyl (C=O) groups excluding carboxylic acids is 2. The fourth-order valence-corrected chi connectivity index (χ4v) is 3.12. The summed E-state index contributed by atoms with van der Waals surface area (Å²) in [6.45, 7) is 0.744. The maximum Gasteiger partial charge on any atom is 0.225 e. The molecule has 6 nitrogen and oxygen atoms in total. The molecule has 2 atom stereocenters. The fraction of sp³-hybridized carbons (Fsp3) is 0.368. The predicted octanol–water partition coefficient (Wildman–Crippen LogP) is 1.87. The molecule has 1 aliphatic heterocycles. The third-order valence-electron chi connectivity index (χ3n) is 4.45. The lowest BCUT2D eigenvalue weighted by atomic mass is 10.0. The summed E-state index contributed by atoms with van der Waals surface area (Å²) < 4.78 is 5.27. The summed E-state index contributed by atoms with van der Waals surface area (Å²) in [5, 5.41) is 12.3. The Balaban J connectivity index is 1.61. The zero-order chi connectivity index (χ0) is 17.6. The van der Waals surface area contributed by atoms with Crippen LogP contribution in [0.3, 0.4) is 0 Å². The van der Waals surface area contributed by atoms with E-state index in [1.54, 1.807) is 17.2 Å². The number of aliphatic hydroxyl groups excluding tert-OH is 1. The van der Waals surface area contributed by atoms with Gasteiger partial charge < -0.3 is 19.7 Å². The zero-order valence-corrected chi connectivity index (χ0v) is 13.9. The minimum Gasteiger partial charge on any atom is -0.467 e. The van der Waals surface area contributed by atoms with Crippen LogP contribution in [0.15, 0.2) is 53.1 Å². The van der Waals surface area contributed by atoms with E-state index in [-0.39, 0.29) is 36.8 Å². The van der Waals surface area contributed by atoms with Crippen LogP contribution >= 0.6 is 0 Å². The summed E-state index contributed by atoms with van der Waals surface area (Å²) in [6.07, 6.45) is 2.21. The molecule has 6 heteroatoms. The van der Waals surface area contributed by atoms with E-state index in [1.165, 1.54) is 0 Å². The fourth-order valence-electron chi connectivity index (χ4n) is 3.12. The van der Waals surface area contributed by atoms with Gasteiger partial charge in [0.15, 0.2) is 0 Å². The first kappa shape index (κ1) is 17.2. The number of furan rings is 1. The van der Waals surface area contributed by atoms with E-state index in [0.29, 0.717) is 25.3 Å². The molecule has 0 radical (unpaired) electrons. The first-order chi connectivity index (χ1) is 12.2. The Morgan fingerprint density at radius 2 is 2.08 bits per heavy atom. The smallest absolute Gasteiger partial charge is 0.225 e. The molecule has 132 valence electrons. The Labute approximate surface area is 146 Å². The number of rotatable bonds is 7. The van der Waals surface area contributed by atoms with Gasteiger partial charge in [0, 0.05) is 19.6 Å². The lowest BCUT2D eigenvalue weighted by molar-refractivity contribution is -0.129. The van der Waals surface area contributed by atoms with Crippen LogP contribution < -0.4 is 5.32 Å². The van der Waals surface area contributed by atoms with Gasteiger partial charge >= 0.3 is 0 Å². The summed E-state index contributed by atoms with van der Waals surface area (Å²) in [4.78, 5) is 26.4. The van der Waals surface area contributed by atoms with E-state index in [4.69, 9.17) is 4.42 Å². The normalized spacial score (nSPS) is 18.4. The van der Waals surface area contributed by atoms with Crippen LogP contribution in [0.4, 0.5) is 0 Å². The summed E-state index contributed by atoms with van der Waals surface area (Å²) in [7, 11) is 0. The first-order valence-corrected chi connectivity index (χ1v) is 8.43. The van der Waals surface area contributed by atoms with Crippen LogP contribution in [0.2, 0.25) is 0 Å². The van der Waals surface area contributed by atoms with E-state index in [2.05, 4.69) is 5.32 Å². The molecule has 1 aromatic heterocycles. The van der Waals surface area contributed by atoms with Crippen molar-refractivity contribution in [2.45, 2.75) is 25.4 Å². The molecule has 0 bridgehead atoms. The van der Waals surface area contributed by atoms with Gasteiger partial charge in [-0.2, -0.15) is 0 Å². The quantitative estimate of drug-likeness (QED) is 0.805. The average Bonchev–Trinajstić information content (AvgIpc) is 3.26. The number of hydrogen-bond donors (Lipinski definition) is 2. The van der Waals surface area contributed by atoms with Crippen LogP contribution in [0.25, 0.3) is 0 Å². The number of carbonyl (C=O) groups is 2. The third kappa shape index (κ3) is 4.28. The molecule has 2 aromatic rings. The highest BCUT2D eigenvalue weighted by atomic mass is 16.3. The molecule has 0 saturated carbocycles. The molecule has 0 spiro atoms. The van der Waals surface area contributed by atoms with E-state index < -0.39 is 0 Å². The van der Waals surface area contributed by atoms with E-state index in [9.17, 15) is 14.7 Å². The Morgan fingerprint density at radius 1 is 1.28 bits per heavy atom. The van der Waals surface area contributed by atoms with Crippen molar-refractivity contribution in [1.29, 1.82) is 0 Å². The van der Waals surface area contributed by atoms with Crippen molar-refractivity contribution in [1.82, 2.24) is 10.2 Å². The van der Waals surface area contributed by atoms with Crippen molar-refractivity contribution >= 4 is 11.8 Å². The SMILES string of the molecule is O=C(NC(CCO)c1ccccc1)C1CC(=O)N(Cc2ccco2)C1. The molecule has 0 aliphatic carbocycles. The summed E-state index contributed by atoms with van der Waals surface area (Å²) in [5.74, 6) is 0.122. The highest BCUT2D eigenvalue weighted by Crippen LogP contribution is 2.23. The van der Waals surface area contributed by atoms with Crippen LogP contribution in [0.1, 0.15) is 30.2 Å². The van der Waals surface area contributed by atoms with Crippen LogP contribution in [-0.4, -0.2) is 35.0 Å². The molecule has 2 amide bonds. The maximum absolute atomic E-state index is 12.6. The second-order valence-corrected chi connectivity index (χ2v) is 6.24. The van der Waals surface area contributed by atoms with Gasteiger partial charge in [-0.05, 0) is 24.1 Å². The number of benzene rings is 1.